The Labute approximate surface area is 125 Å². The van der Waals surface area contributed by atoms with Gasteiger partial charge < -0.3 is 6.15 Å². The van der Waals surface area contributed by atoms with E-state index in [0.717, 1.165) is 11.1 Å². The van der Waals surface area contributed by atoms with Gasteiger partial charge in [0.15, 0.2) is 0 Å². The van der Waals surface area contributed by atoms with E-state index in [1.165, 1.54) is 0 Å². The number of rotatable bonds is 3. The minimum Gasteiger partial charge on any atom is -0.344 e. The number of aryl methyl sites for hydroxylation is 2. The fourth-order valence-electron chi connectivity index (χ4n) is 1.90. The Morgan fingerprint density at radius 3 is 1.30 bits per heavy atom. The molecule has 0 radical (unpaired) electrons. The molecule has 0 fully saturated rings. The molecule has 3 nitrogen and oxygen atoms in total. The number of carbonyl (C=O) groups is 2. The van der Waals surface area contributed by atoms with E-state index in [9.17, 15) is 9.59 Å². The Balaban J connectivity index is 0.00000180. The molecular weight excluding hydrogens is 274 g/mol. The highest BCUT2D eigenvalue weighted by Gasteiger charge is 2.20. The summed E-state index contributed by atoms with van der Waals surface area (Å²) in [7, 11) is 0. The average Bonchev–Trinajstić information content (AvgIpc) is 2.38. The van der Waals surface area contributed by atoms with Gasteiger partial charge in [0, 0.05) is 11.1 Å². The molecule has 0 saturated heterocycles. The van der Waals surface area contributed by atoms with Crippen LogP contribution in [0.15, 0.2) is 48.5 Å². The van der Waals surface area contributed by atoms with Crippen LogP contribution in [-0.4, -0.2) is 11.6 Å². The SMILES string of the molecule is Cc1ccccc1C(=O)C(=O)c1ccccc1C.Cl.N. The maximum atomic E-state index is 12.2. The molecular formula is C16H18ClNO2. The number of hydrogen-bond acceptors (Lipinski definition) is 3. The van der Waals surface area contributed by atoms with Crippen molar-refractivity contribution >= 4 is 24.0 Å². The van der Waals surface area contributed by atoms with Gasteiger partial charge in [-0.2, -0.15) is 0 Å². The predicted octanol–water partition coefficient (Wildman–Crippen LogP) is 3.95. The minimum atomic E-state index is -0.442. The van der Waals surface area contributed by atoms with Gasteiger partial charge in [-0.25, -0.2) is 0 Å². The van der Waals surface area contributed by atoms with Gasteiger partial charge in [-0.15, -0.1) is 12.4 Å². The molecule has 0 aliphatic carbocycles. The van der Waals surface area contributed by atoms with Gasteiger partial charge >= 0.3 is 0 Å². The van der Waals surface area contributed by atoms with Crippen LogP contribution in [0.4, 0.5) is 0 Å². The summed E-state index contributed by atoms with van der Waals surface area (Å²) in [6.07, 6.45) is 0. The second kappa shape index (κ2) is 7.58. The highest BCUT2D eigenvalue weighted by molar-refractivity contribution is 6.49. The monoisotopic (exact) mass is 291 g/mol. The fraction of sp³-hybridized carbons (Fsp3) is 0.125. The molecule has 2 aromatic rings. The van der Waals surface area contributed by atoms with Crippen molar-refractivity contribution in [2.45, 2.75) is 13.8 Å². The first-order valence-electron chi connectivity index (χ1n) is 5.81. The molecule has 0 amide bonds. The summed E-state index contributed by atoms with van der Waals surface area (Å²) in [5.74, 6) is -0.884. The summed E-state index contributed by atoms with van der Waals surface area (Å²) in [5, 5.41) is 0. The van der Waals surface area contributed by atoms with Crippen molar-refractivity contribution in [1.82, 2.24) is 6.15 Å². The summed E-state index contributed by atoms with van der Waals surface area (Å²) in [6, 6.07) is 14.3. The van der Waals surface area contributed by atoms with E-state index in [-0.39, 0.29) is 18.6 Å². The van der Waals surface area contributed by atoms with Gasteiger partial charge in [-0.1, -0.05) is 48.5 Å². The molecule has 0 unspecified atom stereocenters. The second-order valence-electron chi connectivity index (χ2n) is 4.29. The lowest BCUT2D eigenvalue weighted by atomic mass is 9.96. The third-order valence-corrected chi connectivity index (χ3v) is 2.99. The average molecular weight is 292 g/mol. The summed E-state index contributed by atoms with van der Waals surface area (Å²) in [4.78, 5) is 24.3. The van der Waals surface area contributed by atoms with E-state index in [0.29, 0.717) is 11.1 Å². The van der Waals surface area contributed by atoms with E-state index in [1.807, 2.05) is 38.1 Å². The summed E-state index contributed by atoms with van der Waals surface area (Å²) < 4.78 is 0. The Bertz CT molecular complexity index is 568. The fourth-order valence-corrected chi connectivity index (χ4v) is 1.90. The lowest BCUT2D eigenvalue weighted by Gasteiger charge is -2.06. The maximum absolute atomic E-state index is 12.2. The van der Waals surface area contributed by atoms with Crippen molar-refractivity contribution in [1.29, 1.82) is 0 Å². The molecule has 0 atom stereocenters. The molecule has 2 aromatic carbocycles. The number of halogens is 1. The van der Waals surface area contributed by atoms with Gasteiger partial charge in [0.05, 0.1) is 0 Å². The standard InChI is InChI=1S/C16H14O2.ClH.H3N/c1-11-7-3-5-9-13(11)15(17)16(18)14-10-6-4-8-12(14)2;;/h3-10H,1-2H3;1H;1H3. The molecule has 2 rings (SSSR count). The molecule has 0 spiro atoms. The van der Waals surface area contributed by atoms with E-state index in [4.69, 9.17) is 0 Å². The molecule has 3 N–H and O–H groups in total. The largest absolute Gasteiger partial charge is 0.344 e. The zero-order chi connectivity index (χ0) is 13.1. The van der Waals surface area contributed by atoms with Crippen molar-refractivity contribution in [3.8, 4) is 0 Å². The van der Waals surface area contributed by atoms with E-state index < -0.39 is 11.6 Å². The Morgan fingerprint density at radius 2 is 1.00 bits per heavy atom. The summed E-state index contributed by atoms with van der Waals surface area (Å²) in [5.41, 5.74) is 2.60. The maximum Gasteiger partial charge on any atom is 0.233 e. The van der Waals surface area contributed by atoms with Crippen LogP contribution in [0, 0.1) is 13.8 Å². The quantitative estimate of drug-likeness (QED) is 0.687. The minimum absolute atomic E-state index is 0. The smallest absolute Gasteiger partial charge is 0.233 e. The van der Waals surface area contributed by atoms with Gasteiger partial charge in [0.1, 0.15) is 0 Å². The van der Waals surface area contributed by atoms with Crippen LogP contribution < -0.4 is 6.15 Å². The van der Waals surface area contributed by atoms with E-state index >= 15 is 0 Å². The van der Waals surface area contributed by atoms with Gasteiger partial charge in [0.25, 0.3) is 0 Å². The second-order valence-corrected chi connectivity index (χ2v) is 4.29. The van der Waals surface area contributed by atoms with Crippen molar-refractivity contribution in [3.63, 3.8) is 0 Å². The van der Waals surface area contributed by atoms with Crippen LogP contribution in [0.5, 0.6) is 0 Å². The van der Waals surface area contributed by atoms with Crippen molar-refractivity contribution in [2.24, 2.45) is 0 Å². The zero-order valence-electron chi connectivity index (χ0n) is 11.6. The molecule has 0 aliphatic heterocycles. The van der Waals surface area contributed by atoms with E-state index in [1.54, 1.807) is 24.3 Å². The van der Waals surface area contributed by atoms with E-state index in [2.05, 4.69) is 0 Å². The van der Waals surface area contributed by atoms with Gasteiger partial charge in [-0.3, -0.25) is 9.59 Å². The van der Waals surface area contributed by atoms with Crippen LogP contribution in [-0.2, 0) is 0 Å². The summed E-state index contributed by atoms with van der Waals surface area (Å²) >= 11 is 0. The molecule has 0 saturated carbocycles. The molecule has 0 heterocycles. The first-order valence-corrected chi connectivity index (χ1v) is 5.81. The molecule has 20 heavy (non-hydrogen) atoms. The molecule has 0 bridgehead atoms. The summed E-state index contributed by atoms with van der Waals surface area (Å²) in [6.45, 7) is 3.66. The molecule has 4 heteroatoms. The third-order valence-electron chi connectivity index (χ3n) is 2.99. The number of Topliss-reactive ketones (excluding diaryl/α,β-unsaturated/α-hetero) is 2. The third kappa shape index (κ3) is 3.53. The highest BCUT2D eigenvalue weighted by Crippen LogP contribution is 2.14. The molecule has 0 aromatic heterocycles. The lowest BCUT2D eigenvalue weighted by molar-refractivity contribution is 0.0816. The topological polar surface area (TPSA) is 69.1 Å². The number of benzene rings is 2. The van der Waals surface area contributed by atoms with Crippen LogP contribution >= 0.6 is 12.4 Å². The number of carbonyl (C=O) groups excluding carboxylic acids is 2. The Morgan fingerprint density at radius 1 is 0.700 bits per heavy atom. The van der Waals surface area contributed by atoms with Crippen LogP contribution in [0.25, 0.3) is 0 Å². The Kier molecular flexibility index (Phi) is 6.83. The van der Waals surface area contributed by atoms with Gasteiger partial charge in [-0.05, 0) is 25.0 Å². The lowest BCUT2D eigenvalue weighted by Crippen LogP contribution is -2.16. The van der Waals surface area contributed by atoms with Crippen LogP contribution in [0.3, 0.4) is 0 Å². The Hall–Kier alpha value is -1.97. The van der Waals surface area contributed by atoms with Crippen molar-refractivity contribution in [2.75, 3.05) is 0 Å². The van der Waals surface area contributed by atoms with Crippen molar-refractivity contribution < 1.29 is 9.59 Å². The zero-order valence-corrected chi connectivity index (χ0v) is 12.4. The molecule has 0 aliphatic rings. The molecule has 106 valence electrons. The van der Waals surface area contributed by atoms with Crippen molar-refractivity contribution in [3.05, 3.63) is 70.8 Å². The first kappa shape index (κ1) is 18.0. The highest BCUT2D eigenvalue weighted by atomic mass is 35.5. The normalized spacial score (nSPS) is 9.10. The number of ketones is 2. The number of hydrogen-bond donors (Lipinski definition) is 1. The van der Waals surface area contributed by atoms with Crippen LogP contribution in [0.2, 0.25) is 0 Å². The van der Waals surface area contributed by atoms with Gasteiger partial charge in [0.2, 0.25) is 11.6 Å². The predicted molar refractivity (Wildman–Crippen MR) is 83.3 cm³/mol. The first-order chi connectivity index (χ1) is 8.61. The van der Waals surface area contributed by atoms with Crippen LogP contribution in [0.1, 0.15) is 31.8 Å².